The number of aromatic carboxylic acids is 2. The second-order valence-corrected chi connectivity index (χ2v) is 18.7. The highest BCUT2D eigenvalue weighted by molar-refractivity contribution is 6.32. The average Bonchev–Trinajstić information content (AvgIpc) is 4.36. The number of carboxylic acid groups (broad SMARTS) is 2. The van der Waals surface area contributed by atoms with Crippen molar-refractivity contribution in [3.8, 4) is 56.8 Å². The zero-order chi connectivity index (χ0) is 52.5. The predicted molar refractivity (Wildman–Crippen MR) is 288 cm³/mol. The molecule has 0 aliphatic carbocycles. The minimum absolute atomic E-state index is 0.0561. The summed E-state index contributed by atoms with van der Waals surface area (Å²) in [4.78, 5) is 25.5. The van der Waals surface area contributed by atoms with Gasteiger partial charge in [0.1, 0.15) is 41.9 Å². The number of halogens is 3. The van der Waals surface area contributed by atoms with Gasteiger partial charge in [0.15, 0.2) is 23.0 Å². The minimum atomic E-state index is -1.12. The maximum absolute atomic E-state index is 13.8. The van der Waals surface area contributed by atoms with Gasteiger partial charge in [0, 0.05) is 60.8 Å². The van der Waals surface area contributed by atoms with E-state index in [1.54, 1.807) is 57.7 Å². The molecule has 2 aliphatic rings. The summed E-state index contributed by atoms with van der Waals surface area (Å²) >= 11 is 13.1. The lowest BCUT2D eigenvalue weighted by Gasteiger charge is -2.12. The Morgan fingerprint density at radius 1 is 0.526 bits per heavy atom. The molecule has 4 heterocycles. The van der Waals surface area contributed by atoms with Gasteiger partial charge in [-0.25, -0.2) is 14.0 Å². The third kappa shape index (κ3) is 9.98. The number of hydrogen-bond acceptors (Lipinski definition) is 9. The molecule has 380 valence electrons. The van der Waals surface area contributed by atoms with Crippen LogP contribution < -0.4 is 34.2 Å². The summed E-state index contributed by atoms with van der Waals surface area (Å²) < 4.78 is 51.2. The first-order chi connectivity index (χ1) is 36.9. The Bertz CT molecular complexity index is 3850. The number of aromatic nitrogens is 2. The maximum Gasteiger partial charge on any atom is 0.353 e. The Hall–Kier alpha value is -9.11. The molecule has 0 saturated carbocycles. The van der Waals surface area contributed by atoms with Crippen LogP contribution in [0.5, 0.6) is 34.5 Å². The summed E-state index contributed by atoms with van der Waals surface area (Å²) in [7, 11) is 0. The SMILES string of the molecule is Nc1cccc(-c2c(C(=O)O)n(Cc3cc4c(cc3Cl)OCO4)c3ccc(OCc4ccccc4)cc23)c1.O=C(O)c1c(-c2ccc(F)cc2)c2cc(OCc3ccccc3)ccc2n1Cc1cc2c(cc1Cl)OCO2. The number of nitrogens with zero attached hydrogens (tertiary/aromatic N) is 2. The molecule has 0 saturated heterocycles. The molecule has 0 amide bonds. The lowest BCUT2D eigenvalue weighted by molar-refractivity contribution is 0.0676. The molecular formula is C60H44Cl2FN3O10. The Morgan fingerprint density at radius 2 is 0.974 bits per heavy atom. The molecule has 16 heteroatoms. The van der Waals surface area contributed by atoms with Crippen LogP contribution in [-0.2, 0) is 26.3 Å². The number of benzene rings is 8. The summed E-state index contributed by atoms with van der Waals surface area (Å²) in [5, 5.41) is 23.1. The quantitative estimate of drug-likeness (QED) is 0.0887. The molecule has 0 spiro atoms. The van der Waals surface area contributed by atoms with Gasteiger partial charge >= 0.3 is 11.9 Å². The normalized spacial score (nSPS) is 12.1. The van der Waals surface area contributed by atoms with Gasteiger partial charge < -0.3 is 53.5 Å². The standard InChI is InChI=1S/C30H21ClFNO5.C30H23ClN2O5/c31-24-14-27-26(37-17-38-27)12-20(24)15-33-25-11-10-22(36-16-18-4-2-1-3-5-18)13-23(25)28(29(33)30(34)35)19-6-8-21(32)9-7-19;31-24-14-27-26(37-17-38-27)12-20(24)15-33-25-10-9-22(36-16-18-5-2-1-3-6-18)13-23(25)28(29(33)30(34)35)19-7-4-8-21(32)11-19/h1-14H,15-17H2,(H,34,35);1-14H,15-17,32H2,(H,34,35). The van der Waals surface area contributed by atoms with Gasteiger partial charge in [-0.1, -0.05) is 108 Å². The van der Waals surface area contributed by atoms with Crippen molar-refractivity contribution in [2.45, 2.75) is 26.3 Å². The first-order valence-corrected chi connectivity index (χ1v) is 24.6. The number of nitrogen functional groups attached to an aromatic ring is 1. The van der Waals surface area contributed by atoms with E-state index in [0.29, 0.717) is 108 Å². The monoisotopic (exact) mass is 1060 g/mol. The number of fused-ring (bicyclic) bond motifs is 4. The van der Waals surface area contributed by atoms with Gasteiger partial charge in [-0.2, -0.15) is 0 Å². The van der Waals surface area contributed by atoms with Crippen LogP contribution in [0.2, 0.25) is 10.0 Å². The lowest BCUT2D eigenvalue weighted by atomic mass is 10.0. The van der Waals surface area contributed by atoms with E-state index in [0.717, 1.165) is 22.0 Å². The largest absolute Gasteiger partial charge is 0.489 e. The molecule has 0 bridgehead atoms. The van der Waals surface area contributed by atoms with Crippen molar-refractivity contribution in [2.24, 2.45) is 0 Å². The molecule has 0 radical (unpaired) electrons. The third-order valence-corrected chi connectivity index (χ3v) is 13.7. The molecule has 13 nitrogen and oxygen atoms in total. The number of carbonyl (C=O) groups is 2. The van der Waals surface area contributed by atoms with E-state index in [1.165, 1.54) is 12.1 Å². The number of rotatable bonds is 14. The van der Waals surface area contributed by atoms with Crippen molar-refractivity contribution in [1.82, 2.24) is 9.13 Å². The van der Waals surface area contributed by atoms with Crippen LogP contribution in [0.15, 0.2) is 170 Å². The van der Waals surface area contributed by atoms with Crippen LogP contribution >= 0.6 is 23.2 Å². The van der Waals surface area contributed by atoms with Gasteiger partial charge in [-0.15, -0.1) is 0 Å². The van der Waals surface area contributed by atoms with E-state index in [-0.39, 0.29) is 38.1 Å². The molecule has 12 rings (SSSR count). The zero-order valence-corrected chi connectivity index (χ0v) is 41.7. The Labute approximate surface area is 444 Å². The topological polar surface area (TPSA) is 166 Å². The van der Waals surface area contributed by atoms with Crippen LogP contribution in [0.4, 0.5) is 10.1 Å². The lowest BCUT2D eigenvalue weighted by Crippen LogP contribution is -2.11. The molecule has 10 aromatic rings. The van der Waals surface area contributed by atoms with Crippen LogP contribution in [-0.4, -0.2) is 44.9 Å². The highest BCUT2D eigenvalue weighted by Crippen LogP contribution is 2.43. The molecule has 4 N–H and O–H groups in total. The fourth-order valence-corrected chi connectivity index (χ4v) is 9.93. The van der Waals surface area contributed by atoms with Gasteiger partial charge in [-0.3, -0.25) is 0 Å². The zero-order valence-electron chi connectivity index (χ0n) is 40.2. The Balaban J connectivity index is 0.000000162. The van der Waals surface area contributed by atoms with Crippen molar-refractivity contribution in [1.29, 1.82) is 0 Å². The Morgan fingerprint density at radius 3 is 1.42 bits per heavy atom. The van der Waals surface area contributed by atoms with Crippen molar-refractivity contribution in [3.05, 3.63) is 219 Å². The van der Waals surface area contributed by atoms with Crippen LogP contribution in [0, 0.1) is 5.82 Å². The fraction of sp³-hybridized carbons (Fsp3) is 0.100. The molecule has 2 aromatic heterocycles. The molecule has 8 aromatic carbocycles. The van der Waals surface area contributed by atoms with Crippen molar-refractivity contribution in [3.63, 3.8) is 0 Å². The highest BCUT2D eigenvalue weighted by atomic mass is 35.5. The predicted octanol–water partition coefficient (Wildman–Crippen LogP) is 13.8. The number of carboxylic acids is 2. The molecule has 0 unspecified atom stereocenters. The van der Waals surface area contributed by atoms with Gasteiger partial charge in [0.05, 0.1) is 13.1 Å². The van der Waals surface area contributed by atoms with Gasteiger partial charge in [-0.05, 0) is 106 Å². The number of hydrogen-bond donors (Lipinski definition) is 3. The summed E-state index contributed by atoms with van der Waals surface area (Å²) in [6.45, 7) is 1.34. The number of anilines is 1. The second kappa shape index (κ2) is 21.0. The molecule has 2 aliphatic heterocycles. The van der Waals surface area contributed by atoms with E-state index in [1.807, 2.05) is 109 Å². The highest BCUT2D eigenvalue weighted by Gasteiger charge is 2.28. The van der Waals surface area contributed by atoms with Crippen LogP contribution in [0.1, 0.15) is 43.2 Å². The van der Waals surface area contributed by atoms with Crippen LogP contribution in [0.25, 0.3) is 44.1 Å². The van der Waals surface area contributed by atoms with Gasteiger partial charge in [0.2, 0.25) is 13.6 Å². The molecule has 0 atom stereocenters. The van der Waals surface area contributed by atoms with E-state index in [9.17, 15) is 24.2 Å². The Kier molecular flexibility index (Phi) is 13.6. The number of ether oxygens (including phenoxy) is 6. The maximum atomic E-state index is 13.8. The molecule has 76 heavy (non-hydrogen) atoms. The van der Waals surface area contributed by atoms with E-state index in [4.69, 9.17) is 57.4 Å². The summed E-state index contributed by atoms with van der Waals surface area (Å²) in [6, 6.07) is 50.6. The molecular weight excluding hydrogens is 1010 g/mol. The van der Waals surface area contributed by atoms with Crippen molar-refractivity contribution in [2.75, 3.05) is 19.3 Å². The first-order valence-electron chi connectivity index (χ1n) is 23.9. The average molecular weight is 1060 g/mol. The fourth-order valence-electron chi connectivity index (χ4n) is 9.50. The summed E-state index contributed by atoms with van der Waals surface area (Å²) in [5.41, 5.74) is 13.9. The molecule has 0 fully saturated rings. The minimum Gasteiger partial charge on any atom is -0.489 e. The summed E-state index contributed by atoms with van der Waals surface area (Å²) in [5.74, 6) is 0.844. The van der Waals surface area contributed by atoms with Crippen molar-refractivity contribution >= 4 is 62.6 Å². The van der Waals surface area contributed by atoms with Gasteiger partial charge in [0.25, 0.3) is 0 Å². The smallest absolute Gasteiger partial charge is 0.353 e. The first kappa shape index (κ1) is 49.1. The third-order valence-electron chi connectivity index (χ3n) is 13.0. The van der Waals surface area contributed by atoms with E-state index in [2.05, 4.69) is 0 Å². The van der Waals surface area contributed by atoms with E-state index >= 15 is 0 Å². The summed E-state index contributed by atoms with van der Waals surface area (Å²) in [6.07, 6.45) is 0. The van der Waals surface area contributed by atoms with Crippen molar-refractivity contribution < 1.29 is 52.6 Å². The van der Waals surface area contributed by atoms with Crippen LogP contribution in [0.3, 0.4) is 0 Å². The van der Waals surface area contributed by atoms with E-state index < -0.39 is 17.8 Å². The second-order valence-electron chi connectivity index (χ2n) is 17.9. The number of nitrogens with two attached hydrogens (primary N) is 1.